The molecule has 2 fully saturated rings. The lowest BCUT2D eigenvalue weighted by Gasteiger charge is -2.31. The summed E-state index contributed by atoms with van der Waals surface area (Å²) in [6.07, 6.45) is 1.24. The molecule has 2 saturated heterocycles. The largest absolute Gasteiger partial charge is 0.465 e. The Morgan fingerprint density at radius 1 is 1.23 bits per heavy atom. The number of hydrogen-bond acceptors (Lipinski definition) is 2. The first-order valence-electron chi connectivity index (χ1n) is 7.83. The van der Waals surface area contributed by atoms with E-state index in [1.165, 1.54) is 10.5 Å². The van der Waals surface area contributed by atoms with Crippen molar-refractivity contribution in [3.63, 3.8) is 0 Å². The van der Waals surface area contributed by atoms with Crippen molar-refractivity contribution in [1.82, 2.24) is 9.80 Å². The molecule has 0 bridgehead atoms. The number of nitrogens with zero attached hydrogens (tertiary/aromatic N) is 2. The summed E-state index contributed by atoms with van der Waals surface area (Å²) in [4.78, 5) is 27.4. The van der Waals surface area contributed by atoms with E-state index < -0.39 is 11.5 Å². The average Bonchev–Trinajstić information content (AvgIpc) is 2.70. The van der Waals surface area contributed by atoms with Crippen LogP contribution >= 0.6 is 0 Å². The number of carbonyl (C=O) groups excluding carboxylic acids is 1. The van der Waals surface area contributed by atoms with Gasteiger partial charge >= 0.3 is 6.09 Å². The molecule has 0 aromatic heterocycles. The van der Waals surface area contributed by atoms with Gasteiger partial charge in [-0.15, -0.1) is 0 Å². The number of likely N-dealkylation sites (tertiary alicyclic amines) is 2. The second-order valence-electron chi connectivity index (χ2n) is 6.43. The molecule has 22 heavy (non-hydrogen) atoms. The van der Waals surface area contributed by atoms with Crippen LogP contribution in [0.1, 0.15) is 30.7 Å². The van der Waals surface area contributed by atoms with Gasteiger partial charge in [-0.3, -0.25) is 4.79 Å². The second kappa shape index (κ2) is 5.63. The third-order valence-corrected chi connectivity index (χ3v) is 5.25. The molecule has 1 aromatic rings. The van der Waals surface area contributed by atoms with Gasteiger partial charge in [0, 0.05) is 32.6 Å². The van der Waals surface area contributed by atoms with Gasteiger partial charge in [0.2, 0.25) is 5.91 Å². The minimum absolute atomic E-state index is 0.153. The molecule has 5 nitrogen and oxygen atoms in total. The molecule has 0 radical (unpaired) electrons. The Hall–Kier alpha value is -2.04. The molecule has 0 saturated carbocycles. The Labute approximate surface area is 130 Å². The number of carbonyl (C=O) groups is 2. The van der Waals surface area contributed by atoms with Crippen molar-refractivity contribution < 1.29 is 14.7 Å². The van der Waals surface area contributed by atoms with Crippen LogP contribution in [0.4, 0.5) is 4.79 Å². The van der Waals surface area contributed by atoms with Crippen molar-refractivity contribution in [2.45, 2.75) is 25.2 Å². The summed E-state index contributed by atoms with van der Waals surface area (Å²) in [7, 11) is 1.85. The summed E-state index contributed by atoms with van der Waals surface area (Å²) in [5.41, 5.74) is 0.740. The van der Waals surface area contributed by atoms with Gasteiger partial charge in [-0.05, 0) is 24.8 Å². The van der Waals surface area contributed by atoms with Crippen molar-refractivity contribution >= 4 is 12.0 Å². The molecule has 3 rings (SSSR count). The van der Waals surface area contributed by atoms with E-state index in [-0.39, 0.29) is 11.8 Å². The van der Waals surface area contributed by atoms with E-state index in [2.05, 4.69) is 12.1 Å². The Balaban J connectivity index is 1.94. The Morgan fingerprint density at radius 2 is 1.95 bits per heavy atom. The highest BCUT2D eigenvalue weighted by Gasteiger charge is 2.53. The maximum absolute atomic E-state index is 12.9. The quantitative estimate of drug-likeness (QED) is 0.866. The van der Waals surface area contributed by atoms with Crippen LogP contribution in [0.5, 0.6) is 0 Å². The third kappa shape index (κ3) is 2.34. The lowest BCUT2D eigenvalue weighted by atomic mass is 9.69. The number of carboxylic acid groups (broad SMARTS) is 1. The van der Waals surface area contributed by atoms with Crippen LogP contribution in [0.25, 0.3) is 0 Å². The molecule has 5 heteroatoms. The summed E-state index contributed by atoms with van der Waals surface area (Å²) < 4.78 is 0. The molecule has 1 aromatic carbocycles. The molecule has 118 valence electrons. The minimum Gasteiger partial charge on any atom is -0.465 e. The van der Waals surface area contributed by atoms with Gasteiger partial charge in [-0.1, -0.05) is 30.3 Å². The van der Waals surface area contributed by atoms with Gasteiger partial charge in [0.15, 0.2) is 0 Å². The van der Waals surface area contributed by atoms with E-state index >= 15 is 0 Å². The highest BCUT2D eigenvalue weighted by molar-refractivity contribution is 5.86. The Bertz CT molecular complexity index is 575. The molecule has 2 unspecified atom stereocenters. The lowest BCUT2D eigenvalue weighted by Crippen LogP contribution is -2.37. The highest BCUT2D eigenvalue weighted by atomic mass is 16.4. The van der Waals surface area contributed by atoms with E-state index in [0.717, 1.165) is 19.4 Å². The van der Waals surface area contributed by atoms with Gasteiger partial charge < -0.3 is 14.9 Å². The van der Waals surface area contributed by atoms with Crippen molar-refractivity contribution in [2.24, 2.45) is 5.41 Å². The number of amides is 2. The van der Waals surface area contributed by atoms with E-state index in [1.54, 1.807) is 0 Å². The highest BCUT2D eigenvalue weighted by Crippen LogP contribution is 2.50. The average molecular weight is 302 g/mol. The van der Waals surface area contributed by atoms with Crippen molar-refractivity contribution in [3.05, 3.63) is 35.9 Å². The first kappa shape index (κ1) is 14.9. The molecule has 1 N–H and O–H groups in total. The fourth-order valence-electron chi connectivity index (χ4n) is 4.08. The first-order chi connectivity index (χ1) is 10.5. The fraction of sp³-hybridized carbons (Fsp3) is 0.529. The molecule has 2 amide bonds. The Morgan fingerprint density at radius 3 is 2.64 bits per heavy atom. The normalized spacial score (nSPS) is 29.0. The monoisotopic (exact) mass is 302 g/mol. The molecular formula is C17H22N2O3. The molecule has 2 aliphatic heterocycles. The molecule has 2 heterocycles. The predicted molar refractivity (Wildman–Crippen MR) is 82.7 cm³/mol. The van der Waals surface area contributed by atoms with E-state index in [0.29, 0.717) is 19.5 Å². The zero-order chi connectivity index (χ0) is 15.7. The summed E-state index contributed by atoms with van der Waals surface area (Å²) in [5, 5.41) is 9.23. The lowest BCUT2D eigenvalue weighted by molar-refractivity contribution is -0.135. The van der Waals surface area contributed by atoms with Crippen LogP contribution in [0.3, 0.4) is 0 Å². The smallest absolute Gasteiger partial charge is 0.407 e. The number of hydrogen-bond donors (Lipinski definition) is 1. The first-order valence-corrected chi connectivity index (χ1v) is 7.83. The predicted octanol–water partition coefficient (Wildman–Crippen LogP) is 2.39. The Kier molecular flexibility index (Phi) is 3.81. The molecule has 2 atom stereocenters. The maximum atomic E-state index is 12.9. The van der Waals surface area contributed by atoms with Crippen molar-refractivity contribution in [3.8, 4) is 0 Å². The van der Waals surface area contributed by atoms with Gasteiger partial charge in [-0.2, -0.15) is 0 Å². The van der Waals surface area contributed by atoms with Gasteiger partial charge in [0.25, 0.3) is 0 Å². The van der Waals surface area contributed by atoms with Gasteiger partial charge in [0.1, 0.15) is 0 Å². The summed E-state index contributed by atoms with van der Waals surface area (Å²) in [5.74, 6) is 0.327. The fourth-order valence-corrected chi connectivity index (χ4v) is 4.08. The standard InChI is InChI=1S/C17H22N2O3/c1-18-12-14(13-6-3-2-4-7-13)17(15(18)20)8-5-10-19(11-9-17)16(21)22/h2-4,6-7,14H,5,8-12H2,1H3,(H,21,22). The van der Waals surface area contributed by atoms with Crippen LogP contribution in [0.15, 0.2) is 30.3 Å². The zero-order valence-electron chi connectivity index (χ0n) is 12.9. The van der Waals surface area contributed by atoms with E-state index in [4.69, 9.17) is 0 Å². The number of rotatable bonds is 1. The van der Waals surface area contributed by atoms with Crippen LogP contribution in [-0.2, 0) is 4.79 Å². The van der Waals surface area contributed by atoms with E-state index in [9.17, 15) is 14.7 Å². The van der Waals surface area contributed by atoms with Crippen LogP contribution in [0, 0.1) is 5.41 Å². The summed E-state index contributed by atoms with van der Waals surface area (Å²) in [6.45, 7) is 1.68. The van der Waals surface area contributed by atoms with Gasteiger partial charge in [-0.25, -0.2) is 4.79 Å². The molecular weight excluding hydrogens is 280 g/mol. The summed E-state index contributed by atoms with van der Waals surface area (Å²) in [6, 6.07) is 10.2. The molecule has 0 aliphatic carbocycles. The number of benzene rings is 1. The van der Waals surface area contributed by atoms with Crippen LogP contribution in [0.2, 0.25) is 0 Å². The van der Waals surface area contributed by atoms with Gasteiger partial charge in [0.05, 0.1) is 5.41 Å². The van der Waals surface area contributed by atoms with Crippen molar-refractivity contribution in [2.75, 3.05) is 26.7 Å². The molecule has 1 spiro atoms. The van der Waals surface area contributed by atoms with E-state index in [1.807, 2.05) is 30.1 Å². The number of likely N-dealkylation sites (N-methyl/N-ethyl adjacent to an activating group) is 1. The third-order valence-electron chi connectivity index (χ3n) is 5.25. The second-order valence-corrected chi connectivity index (χ2v) is 6.43. The van der Waals surface area contributed by atoms with Crippen molar-refractivity contribution in [1.29, 1.82) is 0 Å². The SMILES string of the molecule is CN1CC(c2ccccc2)C2(CCCN(C(=O)O)CC2)C1=O. The van der Waals surface area contributed by atoms with Crippen LogP contribution < -0.4 is 0 Å². The van der Waals surface area contributed by atoms with Crippen LogP contribution in [-0.4, -0.2) is 53.6 Å². The zero-order valence-corrected chi connectivity index (χ0v) is 12.9. The summed E-state index contributed by atoms with van der Waals surface area (Å²) >= 11 is 0. The topological polar surface area (TPSA) is 60.9 Å². The minimum atomic E-state index is -0.882. The molecule has 2 aliphatic rings. The maximum Gasteiger partial charge on any atom is 0.407 e.